The van der Waals surface area contributed by atoms with Crippen molar-refractivity contribution in [1.29, 1.82) is 0 Å². The summed E-state index contributed by atoms with van der Waals surface area (Å²) in [5.41, 5.74) is 2.26. The number of alkyl carbamates (subject to hydrolysis) is 1. The zero-order valence-electron chi connectivity index (χ0n) is 12.9. The molecule has 0 aliphatic heterocycles. The van der Waals surface area contributed by atoms with E-state index in [1.807, 2.05) is 57.2 Å². The number of carbonyl (C=O) groups excluding carboxylic acids is 1. The topological polar surface area (TPSA) is 51.2 Å². The molecule has 1 amide bonds. The van der Waals surface area contributed by atoms with Gasteiger partial charge in [0.1, 0.15) is 5.60 Å². The molecular weight excluding hydrogens is 300 g/mol. The maximum absolute atomic E-state index is 11.7. The molecule has 0 saturated heterocycles. The van der Waals surface area contributed by atoms with Crippen LogP contribution in [0.25, 0.3) is 11.3 Å². The number of hydrogen-bond acceptors (Lipinski definition) is 3. The minimum atomic E-state index is -0.503. The summed E-state index contributed by atoms with van der Waals surface area (Å²) in [6.07, 6.45) is 1.29. The van der Waals surface area contributed by atoms with Gasteiger partial charge in [-0.15, -0.1) is 0 Å². The number of nitrogens with zero attached hydrogens (tertiary/aromatic N) is 1. The number of nitrogens with one attached hydrogen (secondary N) is 1. The minimum Gasteiger partial charge on any atom is -0.444 e. The molecule has 2 aromatic rings. The quantitative estimate of drug-likeness (QED) is 0.911. The van der Waals surface area contributed by atoms with Crippen molar-refractivity contribution in [2.24, 2.45) is 0 Å². The van der Waals surface area contributed by atoms with E-state index in [1.54, 1.807) is 6.20 Å². The van der Waals surface area contributed by atoms with E-state index in [-0.39, 0.29) is 0 Å². The van der Waals surface area contributed by atoms with Crippen LogP contribution in [0.4, 0.5) is 4.79 Å². The fraction of sp³-hybridized carbons (Fsp3) is 0.294. The maximum Gasteiger partial charge on any atom is 0.407 e. The van der Waals surface area contributed by atoms with E-state index in [0.717, 1.165) is 16.8 Å². The number of aromatic nitrogens is 1. The summed E-state index contributed by atoms with van der Waals surface area (Å²) in [7, 11) is 0. The Kier molecular flexibility index (Phi) is 5.03. The van der Waals surface area contributed by atoms with Crippen LogP contribution in [0.2, 0.25) is 5.02 Å². The Bertz CT molecular complexity index is 648. The number of halogens is 1. The number of carbonyl (C=O) groups is 1. The van der Waals surface area contributed by atoms with Crippen molar-refractivity contribution >= 4 is 17.7 Å². The van der Waals surface area contributed by atoms with E-state index in [1.165, 1.54) is 0 Å². The molecule has 0 saturated carbocycles. The third-order valence-electron chi connectivity index (χ3n) is 2.80. The first-order valence-electron chi connectivity index (χ1n) is 7.01. The van der Waals surface area contributed by atoms with E-state index in [4.69, 9.17) is 16.3 Å². The van der Waals surface area contributed by atoms with Crippen LogP contribution < -0.4 is 5.32 Å². The molecule has 0 bridgehead atoms. The molecule has 0 unspecified atom stereocenters. The second kappa shape index (κ2) is 6.79. The second-order valence-corrected chi connectivity index (χ2v) is 6.35. The van der Waals surface area contributed by atoms with Crippen LogP contribution in [0.1, 0.15) is 26.3 Å². The van der Waals surface area contributed by atoms with Crippen LogP contribution in [0.15, 0.2) is 42.6 Å². The molecule has 0 aliphatic rings. The molecule has 0 aliphatic carbocycles. The number of benzene rings is 1. The second-order valence-electron chi connectivity index (χ2n) is 5.91. The Balaban J connectivity index is 2.03. The smallest absolute Gasteiger partial charge is 0.407 e. The lowest BCUT2D eigenvalue weighted by molar-refractivity contribution is 0.0523. The van der Waals surface area contributed by atoms with Gasteiger partial charge in [0.05, 0.1) is 5.69 Å². The monoisotopic (exact) mass is 318 g/mol. The molecule has 22 heavy (non-hydrogen) atoms. The maximum atomic E-state index is 11.7. The summed E-state index contributed by atoms with van der Waals surface area (Å²) >= 11 is 5.89. The number of pyridine rings is 1. The van der Waals surface area contributed by atoms with Crippen LogP contribution >= 0.6 is 11.6 Å². The molecular formula is C17H19ClN2O2. The van der Waals surface area contributed by atoms with Gasteiger partial charge in [-0.25, -0.2) is 4.79 Å². The van der Waals surface area contributed by atoms with Crippen LogP contribution in [0, 0.1) is 0 Å². The molecule has 1 heterocycles. The molecule has 0 fully saturated rings. The Morgan fingerprint density at radius 2 is 1.91 bits per heavy atom. The standard InChI is InChI=1S/C17H19ClN2O2/c1-17(2,3)22-16(21)20-11-12-8-9-19-15(10-12)13-4-6-14(18)7-5-13/h4-10H,11H2,1-3H3,(H,20,21). The van der Waals surface area contributed by atoms with E-state index in [9.17, 15) is 4.79 Å². The van der Waals surface area contributed by atoms with Gasteiger partial charge in [-0.3, -0.25) is 4.98 Å². The summed E-state index contributed by atoms with van der Waals surface area (Å²) in [6.45, 7) is 5.88. The fourth-order valence-electron chi connectivity index (χ4n) is 1.85. The van der Waals surface area contributed by atoms with Crippen molar-refractivity contribution in [2.45, 2.75) is 32.9 Å². The predicted octanol–water partition coefficient (Wildman–Crippen LogP) is 4.43. The van der Waals surface area contributed by atoms with Gasteiger partial charge in [0.2, 0.25) is 0 Å². The first-order valence-corrected chi connectivity index (χ1v) is 7.39. The summed E-state index contributed by atoms with van der Waals surface area (Å²) in [6, 6.07) is 11.3. The van der Waals surface area contributed by atoms with Crippen molar-refractivity contribution in [3.63, 3.8) is 0 Å². The van der Waals surface area contributed by atoms with Gasteiger partial charge in [0.15, 0.2) is 0 Å². The van der Waals surface area contributed by atoms with E-state index >= 15 is 0 Å². The third-order valence-corrected chi connectivity index (χ3v) is 3.05. The average Bonchev–Trinajstić information content (AvgIpc) is 2.44. The molecule has 0 radical (unpaired) electrons. The van der Waals surface area contributed by atoms with Gasteiger partial charge in [-0.1, -0.05) is 23.7 Å². The number of ether oxygens (including phenoxy) is 1. The number of hydrogen-bond donors (Lipinski definition) is 1. The van der Waals surface area contributed by atoms with Crippen molar-refractivity contribution in [1.82, 2.24) is 10.3 Å². The molecule has 1 aromatic carbocycles. The van der Waals surface area contributed by atoms with Gasteiger partial charge in [-0.2, -0.15) is 0 Å². The predicted molar refractivity (Wildman–Crippen MR) is 87.8 cm³/mol. The molecule has 116 valence electrons. The molecule has 0 spiro atoms. The summed E-state index contributed by atoms with van der Waals surface area (Å²) in [5, 5.41) is 3.42. The average molecular weight is 319 g/mol. The fourth-order valence-corrected chi connectivity index (χ4v) is 1.98. The van der Waals surface area contributed by atoms with Crippen molar-refractivity contribution in [2.75, 3.05) is 0 Å². The number of amides is 1. The molecule has 1 aromatic heterocycles. The highest BCUT2D eigenvalue weighted by atomic mass is 35.5. The largest absolute Gasteiger partial charge is 0.444 e. The van der Waals surface area contributed by atoms with Crippen LogP contribution in [-0.4, -0.2) is 16.7 Å². The molecule has 2 rings (SSSR count). The van der Waals surface area contributed by atoms with E-state index in [0.29, 0.717) is 11.6 Å². The van der Waals surface area contributed by atoms with Crippen molar-refractivity contribution in [3.8, 4) is 11.3 Å². The highest BCUT2D eigenvalue weighted by Crippen LogP contribution is 2.20. The molecule has 5 heteroatoms. The Morgan fingerprint density at radius 1 is 1.23 bits per heavy atom. The van der Waals surface area contributed by atoms with Gasteiger partial charge < -0.3 is 10.1 Å². The summed E-state index contributed by atoms with van der Waals surface area (Å²) in [4.78, 5) is 16.0. The van der Waals surface area contributed by atoms with Gasteiger partial charge in [-0.05, 0) is 50.6 Å². The lowest BCUT2D eigenvalue weighted by Gasteiger charge is -2.19. The van der Waals surface area contributed by atoms with Gasteiger partial charge in [0, 0.05) is 23.3 Å². The zero-order valence-corrected chi connectivity index (χ0v) is 13.6. The molecule has 0 atom stereocenters. The first-order chi connectivity index (χ1) is 10.3. The lowest BCUT2D eigenvalue weighted by atomic mass is 10.1. The van der Waals surface area contributed by atoms with Gasteiger partial charge in [0.25, 0.3) is 0 Å². The van der Waals surface area contributed by atoms with Crippen LogP contribution in [-0.2, 0) is 11.3 Å². The van der Waals surface area contributed by atoms with Crippen molar-refractivity contribution < 1.29 is 9.53 Å². The highest BCUT2D eigenvalue weighted by Gasteiger charge is 2.15. The number of rotatable bonds is 3. The normalized spacial score (nSPS) is 11.1. The highest BCUT2D eigenvalue weighted by molar-refractivity contribution is 6.30. The Morgan fingerprint density at radius 3 is 2.55 bits per heavy atom. The van der Waals surface area contributed by atoms with Crippen LogP contribution in [0.5, 0.6) is 0 Å². The Hall–Kier alpha value is -2.07. The Labute approximate surface area is 135 Å². The zero-order chi connectivity index (χ0) is 16.2. The van der Waals surface area contributed by atoms with E-state index in [2.05, 4.69) is 10.3 Å². The molecule has 4 nitrogen and oxygen atoms in total. The third kappa shape index (κ3) is 5.04. The first kappa shape index (κ1) is 16.3. The SMILES string of the molecule is CC(C)(C)OC(=O)NCc1ccnc(-c2ccc(Cl)cc2)c1. The van der Waals surface area contributed by atoms with E-state index < -0.39 is 11.7 Å². The summed E-state index contributed by atoms with van der Waals surface area (Å²) < 4.78 is 5.21. The molecule has 1 N–H and O–H groups in total. The minimum absolute atomic E-state index is 0.387. The van der Waals surface area contributed by atoms with Crippen molar-refractivity contribution in [3.05, 3.63) is 53.2 Å². The lowest BCUT2D eigenvalue weighted by Crippen LogP contribution is -2.32. The van der Waals surface area contributed by atoms with Gasteiger partial charge >= 0.3 is 6.09 Å². The summed E-state index contributed by atoms with van der Waals surface area (Å²) in [5.74, 6) is 0. The van der Waals surface area contributed by atoms with Crippen LogP contribution in [0.3, 0.4) is 0 Å².